The second-order valence-electron chi connectivity index (χ2n) is 19.4. The van der Waals surface area contributed by atoms with Gasteiger partial charge in [0.1, 0.15) is 0 Å². The van der Waals surface area contributed by atoms with Gasteiger partial charge >= 0.3 is 0 Å². The molecule has 1 spiro atoms. The van der Waals surface area contributed by atoms with E-state index in [-0.39, 0.29) is 10.8 Å². The highest BCUT2D eigenvalue weighted by molar-refractivity contribution is 6.03. The van der Waals surface area contributed by atoms with E-state index in [9.17, 15) is 0 Å². The van der Waals surface area contributed by atoms with Crippen LogP contribution in [0.2, 0.25) is 0 Å². The summed E-state index contributed by atoms with van der Waals surface area (Å²) in [6, 6.07) is 47.2. The van der Waals surface area contributed by atoms with Crippen LogP contribution in [0.4, 0.5) is 0 Å². The minimum Gasteiger partial charge on any atom is -0.0750 e. The molecular weight excluding hydrogens is 625 g/mol. The van der Waals surface area contributed by atoms with E-state index in [1.54, 1.807) is 11.1 Å². The molecule has 6 aromatic carbocycles. The number of benzene rings is 6. The number of fused-ring (bicyclic) bond motifs is 8. The van der Waals surface area contributed by atoms with Crippen molar-refractivity contribution in [2.24, 2.45) is 21.7 Å². The predicted octanol–water partition coefficient (Wildman–Crippen LogP) is 15.1. The highest BCUT2D eigenvalue weighted by atomic mass is 14.6. The molecule has 9 rings (SSSR count). The summed E-state index contributed by atoms with van der Waals surface area (Å²) >= 11 is 0. The molecule has 3 aliphatic carbocycles. The van der Waals surface area contributed by atoms with Crippen molar-refractivity contribution in [1.29, 1.82) is 0 Å². The van der Waals surface area contributed by atoms with E-state index in [1.165, 1.54) is 80.6 Å². The van der Waals surface area contributed by atoms with Crippen molar-refractivity contribution in [2.75, 3.05) is 0 Å². The summed E-state index contributed by atoms with van der Waals surface area (Å²) in [6.45, 7) is 19.4. The van der Waals surface area contributed by atoms with Gasteiger partial charge in [0.15, 0.2) is 0 Å². The maximum atomic E-state index is 2.52. The van der Waals surface area contributed by atoms with Crippen molar-refractivity contribution in [3.05, 3.63) is 150 Å². The van der Waals surface area contributed by atoms with E-state index >= 15 is 0 Å². The third-order valence-corrected chi connectivity index (χ3v) is 12.2. The summed E-state index contributed by atoms with van der Waals surface area (Å²) in [4.78, 5) is 0. The first-order chi connectivity index (χ1) is 24.7. The molecule has 3 aliphatic rings. The Bertz CT molecular complexity index is 2320. The Labute approximate surface area is 313 Å². The van der Waals surface area contributed by atoms with Crippen molar-refractivity contribution in [1.82, 2.24) is 0 Å². The zero-order chi connectivity index (χ0) is 36.5. The Morgan fingerprint density at radius 3 is 1.62 bits per heavy atom. The number of hydrogen-bond acceptors (Lipinski definition) is 0. The van der Waals surface area contributed by atoms with Gasteiger partial charge in [-0.15, -0.1) is 0 Å². The van der Waals surface area contributed by atoms with Gasteiger partial charge in [-0.3, -0.25) is 0 Å². The summed E-state index contributed by atoms with van der Waals surface area (Å²) in [5.41, 5.74) is 13.1. The first kappa shape index (κ1) is 34.7. The molecule has 0 aromatic heterocycles. The molecule has 0 amide bonds. The first-order valence-electron chi connectivity index (χ1n) is 19.6. The van der Waals surface area contributed by atoms with E-state index < -0.39 is 0 Å². The van der Waals surface area contributed by atoms with E-state index in [0.29, 0.717) is 16.2 Å². The molecule has 1 saturated carbocycles. The van der Waals surface area contributed by atoms with Gasteiger partial charge in [-0.25, -0.2) is 0 Å². The number of rotatable bonds is 2. The third kappa shape index (κ3) is 6.23. The van der Waals surface area contributed by atoms with E-state index in [1.807, 2.05) is 0 Å². The lowest BCUT2D eigenvalue weighted by Crippen LogP contribution is -2.43. The normalized spacial score (nSPS) is 20.0. The van der Waals surface area contributed by atoms with Crippen molar-refractivity contribution in [3.63, 3.8) is 0 Å². The fourth-order valence-electron chi connectivity index (χ4n) is 11.7. The molecule has 0 radical (unpaired) electrons. The molecule has 0 heteroatoms. The molecule has 0 saturated heterocycles. The van der Waals surface area contributed by atoms with Crippen molar-refractivity contribution >= 4 is 27.1 Å². The Morgan fingerprint density at radius 2 is 0.923 bits per heavy atom. The zero-order valence-corrected chi connectivity index (χ0v) is 32.7. The molecule has 52 heavy (non-hydrogen) atoms. The van der Waals surface area contributed by atoms with Crippen molar-refractivity contribution in [3.8, 4) is 22.3 Å². The molecule has 1 fully saturated rings. The van der Waals surface area contributed by atoms with Crippen LogP contribution in [0.15, 0.2) is 133 Å². The Hall–Kier alpha value is -4.42. The Kier molecular flexibility index (Phi) is 8.22. The topological polar surface area (TPSA) is 0 Å². The molecule has 0 N–H and O–H groups in total. The molecule has 0 aliphatic heterocycles. The Morgan fingerprint density at radius 1 is 0.385 bits per heavy atom. The SMILES string of the molecule is CC1(C)C=C(c2ccccc2-c2cccc3ccccc23)CC(C)(C)C1.CC1(C)CC(C)(C)CC2(C1)c1ccccc1-c1c2ccc2ccccc12. The highest BCUT2D eigenvalue weighted by Crippen LogP contribution is 2.64. The van der Waals surface area contributed by atoms with E-state index in [4.69, 9.17) is 0 Å². The summed E-state index contributed by atoms with van der Waals surface area (Å²) in [7, 11) is 0. The molecular formula is C52H56. The van der Waals surface area contributed by atoms with Crippen LogP contribution < -0.4 is 0 Å². The standard InChI is InChI=1S/2C26H28/c1-24(2)15-25(3,4)17-26(16-24)21-12-8-7-11-20(21)23-19-10-6-5-9-18(19)13-14-22(23)26;1-25(2)16-20(17-26(3,4)18-25)22-13-7-8-14-23(22)24-15-9-11-19-10-5-6-12-21(19)24/h5-14H,15-17H2,1-4H3;5-16H,17-18H2,1-4H3. The summed E-state index contributed by atoms with van der Waals surface area (Å²) in [5.74, 6) is 0. The van der Waals surface area contributed by atoms with Gasteiger partial charge in [0.2, 0.25) is 0 Å². The van der Waals surface area contributed by atoms with E-state index in [2.05, 4.69) is 189 Å². The smallest absolute Gasteiger partial charge is 0.0225 e. The fraction of sp³-hybridized carbons (Fsp3) is 0.346. The number of hydrogen-bond donors (Lipinski definition) is 0. The second kappa shape index (κ2) is 12.3. The molecule has 0 bridgehead atoms. The molecule has 0 atom stereocenters. The molecule has 6 aromatic rings. The van der Waals surface area contributed by atoms with Crippen LogP contribution >= 0.6 is 0 Å². The van der Waals surface area contributed by atoms with Crippen molar-refractivity contribution in [2.45, 2.75) is 92.9 Å². The Balaban J connectivity index is 0.000000149. The van der Waals surface area contributed by atoms with Crippen LogP contribution in [0, 0.1) is 21.7 Å². The summed E-state index contributed by atoms with van der Waals surface area (Å²) in [6.07, 6.45) is 8.67. The van der Waals surface area contributed by atoms with Crippen LogP contribution in [-0.2, 0) is 5.41 Å². The van der Waals surface area contributed by atoms with Crippen LogP contribution in [0.5, 0.6) is 0 Å². The lowest BCUT2D eigenvalue weighted by atomic mass is 9.52. The van der Waals surface area contributed by atoms with Gasteiger partial charge in [0, 0.05) is 5.41 Å². The van der Waals surface area contributed by atoms with Crippen LogP contribution in [0.1, 0.15) is 104 Å². The van der Waals surface area contributed by atoms with Crippen LogP contribution in [-0.4, -0.2) is 0 Å². The minimum absolute atomic E-state index is 0.154. The van der Waals surface area contributed by atoms with Crippen LogP contribution in [0.25, 0.3) is 49.4 Å². The predicted molar refractivity (Wildman–Crippen MR) is 226 cm³/mol. The largest absolute Gasteiger partial charge is 0.0750 e. The molecule has 0 nitrogen and oxygen atoms in total. The molecule has 0 heterocycles. The van der Waals surface area contributed by atoms with E-state index in [0.717, 1.165) is 6.42 Å². The summed E-state index contributed by atoms with van der Waals surface area (Å²) in [5, 5.41) is 5.40. The van der Waals surface area contributed by atoms with Crippen LogP contribution in [0.3, 0.4) is 0 Å². The minimum atomic E-state index is 0.154. The van der Waals surface area contributed by atoms with Gasteiger partial charge in [-0.1, -0.05) is 189 Å². The average Bonchev–Trinajstić information content (AvgIpc) is 3.34. The average molecular weight is 681 g/mol. The molecule has 0 unspecified atom stereocenters. The van der Waals surface area contributed by atoms with Gasteiger partial charge in [0.05, 0.1) is 0 Å². The fourth-order valence-corrected chi connectivity index (χ4v) is 11.7. The monoisotopic (exact) mass is 680 g/mol. The quantitative estimate of drug-likeness (QED) is 0.171. The van der Waals surface area contributed by atoms with Gasteiger partial charge < -0.3 is 0 Å². The maximum Gasteiger partial charge on any atom is 0.0225 e. The first-order valence-corrected chi connectivity index (χ1v) is 19.6. The van der Waals surface area contributed by atoms with Gasteiger partial charge in [0.25, 0.3) is 0 Å². The van der Waals surface area contributed by atoms with Gasteiger partial charge in [-0.05, 0) is 120 Å². The maximum absolute atomic E-state index is 2.52. The van der Waals surface area contributed by atoms with Crippen molar-refractivity contribution < 1.29 is 0 Å². The lowest BCUT2D eigenvalue weighted by Gasteiger charge is -2.51. The summed E-state index contributed by atoms with van der Waals surface area (Å²) < 4.78 is 0. The third-order valence-electron chi connectivity index (χ3n) is 12.2. The van der Waals surface area contributed by atoms with Gasteiger partial charge in [-0.2, -0.15) is 0 Å². The molecule has 264 valence electrons. The lowest BCUT2D eigenvalue weighted by molar-refractivity contribution is 0.0646. The number of allylic oxidation sites excluding steroid dienone is 2. The zero-order valence-electron chi connectivity index (χ0n) is 32.7. The second-order valence-corrected chi connectivity index (χ2v) is 19.4. The highest BCUT2D eigenvalue weighted by Gasteiger charge is 2.53.